The highest BCUT2D eigenvalue weighted by Crippen LogP contribution is 2.34. The highest BCUT2D eigenvalue weighted by Gasteiger charge is 2.18. The second kappa shape index (κ2) is 12.7. The van der Waals surface area contributed by atoms with E-state index in [1.807, 2.05) is 36.4 Å². The van der Waals surface area contributed by atoms with Crippen LogP contribution in [0.5, 0.6) is 17.2 Å². The number of rotatable bonds is 12. The van der Waals surface area contributed by atoms with Crippen LogP contribution >= 0.6 is 11.3 Å². The van der Waals surface area contributed by atoms with Crippen molar-refractivity contribution in [2.45, 2.75) is 10.8 Å². The summed E-state index contributed by atoms with van der Waals surface area (Å²) in [6, 6.07) is 14.6. The Kier molecular flexibility index (Phi) is 9.37. The molecule has 3 aromatic rings. The van der Waals surface area contributed by atoms with E-state index in [9.17, 15) is 18.5 Å². The van der Waals surface area contributed by atoms with Crippen molar-refractivity contribution in [2.75, 3.05) is 31.9 Å². The summed E-state index contributed by atoms with van der Waals surface area (Å²) in [4.78, 5) is 12.6. The number of allylic oxidation sites excluding steroid dienone is 1. The molecule has 2 aromatic carbocycles. The molecule has 0 saturated heterocycles. The van der Waals surface area contributed by atoms with Gasteiger partial charge in [0.25, 0.3) is 5.91 Å². The van der Waals surface area contributed by atoms with Crippen LogP contribution in [0.1, 0.15) is 11.1 Å². The van der Waals surface area contributed by atoms with E-state index in [1.54, 1.807) is 18.2 Å². The number of benzene rings is 2. The molecule has 0 aliphatic carbocycles. The molecule has 0 atom stereocenters. The van der Waals surface area contributed by atoms with E-state index in [-0.39, 0.29) is 21.7 Å². The van der Waals surface area contributed by atoms with Crippen molar-refractivity contribution < 1.29 is 27.4 Å². The molecule has 0 fully saturated rings. The fraction of sp³-hybridized carbons (Fsp3) is 0.200. The molecule has 0 saturated carbocycles. The fourth-order valence-electron chi connectivity index (χ4n) is 3.10. The van der Waals surface area contributed by atoms with E-state index in [4.69, 9.17) is 14.2 Å². The predicted molar refractivity (Wildman–Crippen MR) is 140 cm³/mol. The third-order valence-electron chi connectivity index (χ3n) is 4.70. The Labute approximate surface area is 218 Å². The minimum Gasteiger partial charge on any atom is -0.493 e. The van der Waals surface area contributed by atoms with Crippen molar-refractivity contribution in [2.24, 2.45) is 0 Å². The molecule has 1 N–H and O–H groups in total. The van der Waals surface area contributed by atoms with E-state index in [2.05, 4.69) is 22.1 Å². The molecule has 192 valence electrons. The van der Waals surface area contributed by atoms with Gasteiger partial charge in [-0.05, 0) is 42.3 Å². The molecule has 0 unspecified atom stereocenters. The van der Waals surface area contributed by atoms with Crippen LogP contribution in [0.4, 0.5) is 5.13 Å². The van der Waals surface area contributed by atoms with Crippen LogP contribution in [0, 0.1) is 11.3 Å². The Morgan fingerprint density at radius 3 is 2.54 bits per heavy atom. The van der Waals surface area contributed by atoms with Gasteiger partial charge in [-0.2, -0.15) is 5.26 Å². The van der Waals surface area contributed by atoms with Crippen LogP contribution in [0.2, 0.25) is 0 Å². The maximum absolute atomic E-state index is 12.6. The Bertz CT molecular complexity index is 1440. The molecule has 0 aliphatic heterocycles. The van der Waals surface area contributed by atoms with Crippen molar-refractivity contribution in [3.8, 4) is 23.3 Å². The summed E-state index contributed by atoms with van der Waals surface area (Å²) in [6.45, 7) is 4.35. The molecular weight excluding hydrogens is 516 g/mol. The van der Waals surface area contributed by atoms with Gasteiger partial charge < -0.3 is 14.2 Å². The number of hydrogen-bond donors (Lipinski definition) is 1. The number of anilines is 1. The molecular formula is C25H24N4O6S2. The molecule has 0 spiro atoms. The van der Waals surface area contributed by atoms with Gasteiger partial charge in [0.15, 0.2) is 11.5 Å². The van der Waals surface area contributed by atoms with Gasteiger partial charge in [-0.15, -0.1) is 16.8 Å². The molecule has 3 rings (SSSR count). The van der Waals surface area contributed by atoms with Gasteiger partial charge in [0.1, 0.15) is 30.6 Å². The van der Waals surface area contributed by atoms with Crippen molar-refractivity contribution in [3.05, 3.63) is 71.8 Å². The lowest BCUT2D eigenvalue weighted by molar-refractivity contribution is -0.112. The number of methoxy groups -OCH3 is 1. The quantitative estimate of drug-likeness (QED) is 0.120. The Balaban J connectivity index is 1.79. The van der Waals surface area contributed by atoms with E-state index in [0.29, 0.717) is 41.4 Å². The SMILES string of the molecule is C=CCc1cc(C=C(C#N)C(=O)Nc2nnc(S(C)(=O)=O)s2)cc(OC)c1OCCOc1ccccc1. The Hall–Kier alpha value is -4.21. The minimum absolute atomic E-state index is 0.0435. The molecule has 12 heteroatoms. The first-order chi connectivity index (χ1) is 17.7. The third-order valence-corrected chi connectivity index (χ3v) is 7.21. The Morgan fingerprint density at radius 2 is 1.92 bits per heavy atom. The fourth-order valence-corrected chi connectivity index (χ4v) is 4.60. The average Bonchev–Trinajstić information content (AvgIpc) is 3.35. The molecule has 1 aromatic heterocycles. The molecule has 0 bridgehead atoms. The van der Waals surface area contributed by atoms with Gasteiger partial charge in [0, 0.05) is 11.8 Å². The van der Waals surface area contributed by atoms with Crippen LogP contribution in [0.25, 0.3) is 6.08 Å². The second-order valence-corrected chi connectivity index (χ2v) is 10.7. The smallest absolute Gasteiger partial charge is 0.268 e. The lowest BCUT2D eigenvalue weighted by Gasteiger charge is -2.16. The molecule has 0 aliphatic rings. The number of carbonyl (C=O) groups is 1. The van der Waals surface area contributed by atoms with E-state index in [0.717, 1.165) is 17.6 Å². The number of aromatic nitrogens is 2. The van der Waals surface area contributed by atoms with Crippen LogP contribution in [-0.2, 0) is 21.1 Å². The molecule has 1 amide bonds. The monoisotopic (exact) mass is 540 g/mol. The van der Waals surface area contributed by atoms with Gasteiger partial charge in [-0.1, -0.05) is 35.6 Å². The maximum Gasteiger partial charge on any atom is 0.268 e. The predicted octanol–water partition coefficient (Wildman–Crippen LogP) is 3.68. The zero-order valence-corrected chi connectivity index (χ0v) is 21.8. The van der Waals surface area contributed by atoms with Crippen molar-refractivity contribution in [1.82, 2.24) is 10.2 Å². The minimum atomic E-state index is -3.56. The van der Waals surface area contributed by atoms with Crippen molar-refractivity contribution in [1.29, 1.82) is 5.26 Å². The molecule has 0 radical (unpaired) electrons. The van der Waals surface area contributed by atoms with Gasteiger partial charge in [-0.3, -0.25) is 10.1 Å². The summed E-state index contributed by atoms with van der Waals surface area (Å²) < 4.78 is 40.0. The molecule has 10 nitrogen and oxygen atoms in total. The van der Waals surface area contributed by atoms with Crippen molar-refractivity contribution >= 4 is 38.3 Å². The lowest BCUT2D eigenvalue weighted by Crippen LogP contribution is -2.13. The van der Waals surface area contributed by atoms with Crippen LogP contribution in [0.15, 0.2) is 65.0 Å². The van der Waals surface area contributed by atoms with Crippen molar-refractivity contribution in [3.63, 3.8) is 0 Å². The van der Waals surface area contributed by atoms with Gasteiger partial charge >= 0.3 is 0 Å². The summed E-state index contributed by atoms with van der Waals surface area (Å²) in [5.41, 5.74) is 1.02. The average molecular weight is 541 g/mol. The summed E-state index contributed by atoms with van der Waals surface area (Å²) in [5.74, 6) is 0.876. The summed E-state index contributed by atoms with van der Waals surface area (Å²) in [5, 5.41) is 19.1. The van der Waals surface area contributed by atoms with E-state index < -0.39 is 15.7 Å². The topological polar surface area (TPSA) is 140 Å². The number of nitriles is 1. The number of ether oxygens (including phenoxy) is 3. The van der Waals surface area contributed by atoms with Gasteiger partial charge in [0.05, 0.1) is 7.11 Å². The number of sulfone groups is 1. The van der Waals surface area contributed by atoms with Crippen LogP contribution in [-0.4, -0.2) is 51.1 Å². The first-order valence-electron chi connectivity index (χ1n) is 10.8. The van der Waals surface area contributed by atoms with Gasteiger partial charge in [-0.25, -0.2) is 8.42 Å². The number of carbonyl (C=O) groups excluding carboxylic acids is 1. The highest BCUT2D eigenvalue weighted by atomic mass is 32.2. The third kappa shape index (κ3) is 7.63. The number of amides is 1. The first-order valence-corrected chi connectivity index (χ1v) is 13.5. The zero-order chi connectivity index (χ0) is 26.8. The van der Waals surface area contributed by atoms with Gasteiger partial charge in [0.2, 0.25) is 19.3 Å². The normalized spacial score (nSPS) is 11.3. The lowest BCUT2D eigenvalue weighted by atomic mass is 10.0. The number of nitrogens with zero attached hydrogens (tertiary/aromatic N) is 3. The summed E-state index contributed by atoms with van der Waals surface area (Å²) in [6.07, 6.45) is 4.51. The number of nitrogens with one attached hydrogen (secondary N) is 1. The first kappa shape index (κ1) is 27.4. The standard InChI is InChI=1S/C25H24N4O6S2/c1-4-8-18-13-17(14-19(16-26)23(30)27-24-28-29-25(36-24)37(3,31)32)15-21(33-2)22(18)35-12-11-34-20-9-6-5-7-10-20/h4-7,9-10,13-15H,1,8,11-12H2,2-3H3,(H,27,28,30). The number of hydrogen-bond acceptors (Lipinski definition) is 10. The second-order valence-electron chi connectivity index (χ2n) is 7.48. The van der Waals surface area contributed by atoms with Crippen LogP contribution < -0.4 is 19.5 Å². The molecule has 1 heterocycles. The summed E-state index contributed by atoms with van der Waals surface area (Å²) in [7, 11) is -2.08. The maximum atomic E-state index is 12.6. The van der Waals surface area contributed by atoms with E-state index in [1.165, 1.54) is 13.2 Å². The molecule has 37 heavy (non-hydrogen) atoms. The number of para-hydroxylation sites is 1. The van der Waals surface area contributed by atoms with E-state index >= 15 is 0 Å². The summed E-state index contributed by atoms with van der Waals surface area (Å²) >= 11 is 0.691. The largest absolute Gasteiger partial charge is 0.493 e. The highest BCUT2D eigenvalue weighted by molar-refractivity contribution is 7.92. The Morgan fingerprint density at radius 1 is 1.19 bits per heavy atom. The zero-order valence-electron chi connectivity index (χ0n) is 20.1. The van der Waals surface area contributed by atoms with Crippen LogP contribution in [0.3, 0.4) is 0 Å².